The van der Waals surface area contributed by atoms with E-state index in [-0.39, 0.29) is 5.78 Å². The van der Waals surface area contributed by atoms with Gasteiger partial charge >= 0.3 is 5.97 Å². The molecule has 0 atom stereocenters. The number of hydrogen-bond acceptors (Lipinski definition) is 3. The minimum Gasteiger partial charge on any atom is -0.481 e. The number of ketones is 1. The molecule has 1 N–H and O–H groups in total. The fourth-order valence-electron chi connectivity index (χ4n) is 2.33. The van der Waals surface area contributed by atoms with Crippen LogP contribution < -0.4 is 0 Å². The molecule has 0 aliphatic heterocycles. The monoisotopic (exact) mass is 233 g/mol. The Balaban J connectivity index is 2.41. The molecule has 1 aromatic heterocycles. The van der Waals surface area contributed by atoms with Gasteiger partial charge in [0.15, 0.2) is 0 Å². The first-order chi connectivity index (χ1) is 8.04. The maximum atomic E-state index is 11.5. The first-order valence-electron chi connectivity index (χ1n) is 5.73. The van der Waals surface area contributed by atoms with E-state index < -0.39 is 11.4 Å². The molecule has 0 unspecified atom stereocenters. The summed E-state index contributed by atoms with van der Waals surface area (Å²) in [5, 5.41) is 9.47. The van der Waals surface area contributed by atoms with Gasteiger partial charge in [-0.3, -0.25) is 14.6 Å². The highest BCUT2D eigenvalue weighted by atomic mass is 16.4. The topological polar surface area (TPSA) is 67.3 Å². The standard InChI is InChI=1S/C13H15NO3/c1-9-4-7-14-11(8-9)13(12(16)17)5-2-10(15)3-6-13/h4,7-8H,2-3,5-6H2,1H3,(H,16,17). The quantitative estimate of drug-likeness (QED) is 0.846. The van der Waals surface area contributed by atoms with Gasteiger partial charge in [-0.15, -0.1) is 0 Å². The first-order valence-corrected chi connectivity index (χ1v) is 5.73. The predicted molar refractivity (Wildman–Crippen MR) is 61.8 cm³/mol. The molecule has 0 spiro atoms. The van der Waals surface area contributed by atoms with Gasteiger partial charge in [0.25, 0.3) is 0 Å². The molecule has 0 amide bonds. The van der Waals surface area contributed by atoms with Gasteiger partial charge in [-0.2, -0.15) is 0 Å². The Labute approximate surface area is 99.7 Å². The molecule has 0 bridgehead atoms. The molecule has 1 fully saturated rings. The van der Waals surface area contributed by atoms with E-state index in [1.54, 1.807) is 6.20 Å². The van der Waals surface area contributed by atoms with E-state index in [1.165, 1.54) is 0 Å². The summed E-state index contributed by atoms with van der Waals surface area (Å²) < 4.78 is 0. The molecule has 0 saturated heterocycles. The highest BCUT2D eigenvalue weighted by Gasteiger charge is 2.44. The van der Waals surface area contributed by atoms with Crippen LogP contribution in [0.2, 0.25) is 0 Å². The van der Waals surface area contributed by atoms with Crippen molar-refractivity contribution < 1.29 is 14.7 Å². The third-order valence-electron chi connectivity index (χ3n) is 3.48. The number of carbonyl (C=O) groups is 2. The second kappa shape index (κ2) is 4.28. The zero-order chi connectivity index (χ0) is 12.5. The number of carboxylic acid groups (broad SMARTS) is 1. The summed E-state index contributed by atoms with van der Waals surface area (Å²) in [5.41, 5.74) is 0.602. The number of aromatic nitrogens is 1. The minimum atomic E-state index is -0.972. The van der Waals surface area contributed by atoms with E-state index in [4.69, 9.17) is 0 Å². The Bertz CT molecular complexity index is 457. The van der Waals surface area contributed by atoms with Crippen LogP contribution in [0, 0.1) is 6.92 Å². The minimum absolute atomic E-state index is 0.148. The molecule has 0 radical (unpaired) electrons. The highest BCUT2D eigenvalue weighted by molar-refractivity contribution is 5.87. The maximum absolute atomic E-state index is 11.5. The molecule has 0 aromatic carbocycles. The summed E-state index contributed by atoms with van der Waals surface area (Å²) in [7, 11) is 0. The third-order valence-corrected chi connectivity index (χ3v) is 3.48. The van der Waals surface area contributed by atoms with Crippen molar-refractivity contribution in [2.45, 2.75) is 38.0 Å². The van der Waals surface area contributed by atoms with Gasteiger partial charge in [0, 0.05) is 19.0 Å². The van der Waals surface area contributed by atoms with Crippen LogP contribution in [0.25, 0.3) is 0 Å². The van der Waals surface area contributed by atoms with Crippen molar-refractivity contribution >= 4 is 11.8 Å². The average molecular weight is 233 g/mol. The Morgan fingerprint density at radius 2 is 2.06 bits per heavy atom. The molecule has 1 saturated carbocycles. The van der Waals surface area contributed by atoms with Crippen LogP contribution in [0.4, 0.5) is 0 Å². The van der Waals surface area contributed by atoms with Gasteiger partial charge in [-0.1, -0.05) is 0 Å². The smallest absolute Gasteiger partial charge is 0.315 e. The summed E-state index contributed by atoms with van der Waals surface area (Å²) in [5.74, 6) is -0.724. The van der Waals surface area contributed by atoms with Gasteiger partial charge < -0.3 is 5.11 Å². The molecule has 1 aliphatic rings. The van der Waals surface area contributed by atoms with Gasteiger partial charge in [0.1, 0.15) is 11.2 Å². The van der Waals surface area contributed by atoms with Crippen molar-refractivity contribution in [3.05, 3.63) is 29.6 Å². The third kappa shape index (κ3) is 2.07. The summed E-state index contributed by atoms with van der Waals surface area (Å²) in [6, 6.07) is 3.65. The van der Waals surface area contributed by atoms with Crippen LogP contribution in [0.3, 0.4) is 0 Å². The number of aryl methyl sites for hydroxylation is 1. The average Bonchev–Trinajstić information content (AvgIpc) is 2.30. The first kappa shape index (κ1) is 11.8. The second-order valence-corrected chi connectivity index (χ2v) is 4.64. The van der Waals surface area contributed by atoms with E-state index in [0.717, 1.165) is 5.56 Å². The van der Waals surface area contributed by atoms with Gasteiger partial charge in [-0.25, -0.2) is 0 Å². The molecular weight excluding hydrogens is 218 g/mol. The predicted octanol–water partition coefficient (Wildman–Crippen LogP) is 1.86. The number of rotatable bonds is 2. The molecular formula is C13H15NO3. The Morgan fingerprint density at radius 3 is 2.59 bits per heavy atom. The number of hydrogen-bond donors (Lipinski definition) is 1. The summed E-state index contributed by atoms with van der Waals surface area (Å²) in [4.78, 5) is 27.0. The number of pyridine rings is 1. The van der Waals surface area contributed by atoms with Crippen LogP contribution in [0.5, 0.6) is 0 Å². The lowest BCUT2D eigenvalue weighted by atomic mass is 9.71. The molecule has 4 nitrogen and oxygen atoms in total. The van der Waals surface area contributed by atoms with Crippen LogP contribution in [-0.4, -0.2) is 21.8 Å². The van der Waals surface area contributed by atoms with Gasteiger partial charge in [0.2, 0.25) is 0 Å². The molecule has 1 heterocycles. The Morgan fingerprint density at radius 1 is 1.41 bits per heavy atom. The van der Waals surface area contributed by atoms with E-state index in [0.29, 0.717) is 31.4 Å². The molecule has 90 valence electrons. The Hall–Kier alpha value is -1.71. The number of Topliss-reactive ketones (excluding diaryl/α,β-unsaturated/α-hetero) is 1. The van der Waals surface area contributed by atoms with Gasteiger partial charge in [0.05, 0.1) is 5.69 Å². The lowest BCUT2D eigenvalue weighted by Gasteiger charge is -2.32. The van der Waals surface area contributed by atoms with Crippen LogP contribution >= 0.6 is 0 Å². The highest BCUT2D eigenvalue weighted by Crippen LogP contribution is 2.37. The van der Waals surface area contributed by atoms with Crippen molar-refractivity contribution in [3.8, 4) is 0 Å². The molecule has 1 aromatic rings. The van der Waals surface area contributed by atoms with E-state index in [1.807, 2.05) is 19.1 Å². The normalized spacial score (nSPS) is 19.0. The number of aliphatic carboxylic acids is 1. The SMILES string of the molecule is Cc1ccnc(C2(C(=O)O)CCC(=O)CC2)c1. The van der Waals surface area contributed by atoms with Crippen molar-refractivity contribution in [1.29, 1.82) is 0 Å². The summed E-state index contributed by atoms with van der Waals surface area (Å²) in [6.07, 6.45) is 3.02. The number of carbonyl (C=O) groups excluding carboxylic acids is 1. The van der Waals surface area contributed by atoms with E-state index >= 15 is 0 Å². The van der Waals surface area contributed by atoms with Crippen LogP contribution in [0.15, 0.2) is 18.3 Å². The lowest BCUT2D eigenvalue weighted by Crippen LogP contribution is -2.40. The van der Waals surface area contributed by atoms with Gasteiger partial charge in [-0.05, 0) is 37.5 Å². The second-order valence-electron chi connectivity index (χ2n) is 4.64. The molecule has 17 heavy (non-hydrogen) atoms. The van der Waals surface area contributed by atoms with Crippen LogP contribution in [0.1, 0.15) is 36.9 Å². The molecule has 2 rings (SSSR count). The van der Waals surface area contributed by atoms with E-state index in [9.17, 15) is 14.7 Å². The maximum Gasteiger partial charge on any atom is 0.315 e. The van der Waals surface area contributed by atoms with Crippen LogP contribution in [-0.2, 0) is 15.0 Å². The van der Waals surface area contributed by atoms with Crippen molar-refractivity contribution in [2.24, 2.45) is 0 Å². The summed E-state index contributed by atoms with van der Waals surface area (Å²) in [6.45, 7) is 1.91. The Kier molecular flexibility index (Phi) is 2.96. The number of nitrogens with zero attached hydrogens (tertiary/aromatic N) is 1. The largest absolute Gasteiger partial charge is 0.481 e. The molecule has 1 aliphatic carbocycles. The lowest BCUT2D eigenvalue weighted by molar-refractivity contribution is -0.146. The summed E-state index contributed by atoms with van der Waals surface area (Å²) >= 11 is 0. The fraction of sp³-hybridized carbons (Fsp3) is 0.462. The van der Waals surface area contributed by atoms with Crippen molar-refractivity contribution in [1.82, 2.24) is 4.98 Å². The van der Waals surface area contributed by atoms with Crippen molar-refractivity contribution in [2.75, 3.05) is 0 Å². The zero-order valence-corrected chi connectivity index (χ0v) is 9.77. The fourth-order valence-corrected chi connectivity index (χ4v) is 2.33. The number of carboxylic acids is 1. The van der Waals surface area contributed by atoms with E-state index in [2.05, 4.69) is 4.98 Å². The zero-order valence-electron chi connectivity index (χ0n) is 9.77. The molecule has 4 heteroatoms. The van der Waals surface area contributed by atoms with Crippen molar-refractivity contribution in [3.63, 3.8) is 0 Å².